The first-order valence-corrected chi connectivity index (χ1v) is 7.97. The van der Waals surface area contributed by atoms with Crippen LogP contribution >= 0.6 is 0 Å². The molecule has 1 heterocycles. The van der Waals surface area contributed by atoms with E-state index in [9.17, 15) is 13.6 Å². The standard InChI is InChI=1S/C16H8F2N.C5H8O2.Pt/c17-16(18)12-6-2-1-5-11(12)15-14-10(8-9-19-15)4-3-7-13(14)16;1-4(6)3-5(2)7;/h1-4,6-9H;3,6H,1-2H3;/q-1;;/b;4-3-;. The van der Waals surface area contributed by atoms with E-state index in [1.807, 2.05) is 6.07 Å². The van der Waals surface area contributed by atoms with E-state index in [1.165, 1.54) is 32.1 Å². The number of carbonyl (C=O) groups excluding carboxylic acids is 1. The maximum absolute atomic E-state index is 14.6. The van der Waals surface area contributed by atoms with Crippen molar-refractivity contribution in [3.05, 3.63) is 77.7 Å². The average molecular weight is 547 g/mol. The first-order valence-electron chi connectivity index (χ1n) is 7.97. The summed E-state index contributed by atoms with van der Waals surface area (Å²) in [6.07, 6.45) is 2.82. The maximum atomic E-state index is 14.6. The van der Waals surface area contributed by atoms with Gasteiger partial charge >= 0.3 is 0 Å². The molecule has 142 valence electrons. The van der Waals surface area contributed by atoms with E-state index in [0.29, 0.717) is 16.6 Å². The first-order chi connectivity index (χ1) is 12.3. The number of halogens is 2. The van der Waals surface area contributed by atoms with Gasteiger partial charge in [-0.05, 0) is 36.4 Å². The second-order valence-electron chi connectivity index (χ2n) is 5.99. The summed E-state index contributed by atoms with van der Waals surface area (Å²) in [6, 6.07) is 14.3. The molecule has 0 unspecified atom stereocenters. The van der Waals surface area contributed by atoms with Gasteiger partial charge in [-0.15, -0.1) is 29.8 Å². The number of alkyl halides is 2. The van der Waals surface area contributed by atoms with Crippen molar-refractivity contribution in [1.82, 2.24) is 4.98 Å². The van der Waals surface area contributed by atoms with Gasteiger partial charge < -0.3 is 10.1 Å². The minimum atomic E-state index is -3.00. The zero-order valence-electron chi connectivity index (χ0n) is 14.6. The van der Waals surface area contributed by atoms with Gasteiger partial charge in [-0.1, -0.05) is 23.8 Å². The number of rotatable bonds is 1. The number of aliphatic hydroxyl groups excluding tert-OH is 1. The van der Waals surface area contributed by atoms with Gasteiger partial charge in [-0.25, -0.2) is 8.78 Å². The van der Waals surface area contributed by atoms with Crippen LogP contribution in [-0.2, 0) is 31.8 Å². The van der Waals surface area contributed by atoms with E-state index in [0.717, 1.165) is 5.39 Å². The van der Waals surface area contributed by atoms with E-state index in [1.54, 1.807) is 30.5 Å². The van der Waals surface area contributed by atoms with Crippen LogP contribution in [-0.4, -0.2) is 15.9 Å². The van der Waals surface area contributed by atoms with Crippen molar-refractivity contribution < 1.29 is 39.7 Å². The molecule has 0 aliphatic heterocycles. The third-order valence-electron chi connectivity index (χ3n) is 3.97. The largest absolute Gasteiger partial charge is 0.512 e. The fourth-order valence-corrected chi connectivity index (χ4v) is 3.01. The molecule has 0 fully saturated rings. The molecule has 0 amide bonds. The quantitative estimate of drug-likeness (QED) is 0.259. The van der Waals surface area contributed by atoms with E-state index >= 15 is 0 Å². The predicted molar refractivity (Wildman–Crippen MR) is 96.1 cm³/mol. The number of carbonyl (C=O) groups is 1. The SMILES string of the molecule is CC(=O)/C=C(/C)O.FC1(F)c2ccc[c-]c2-c2nccc3cccc1c23.[Pt]. The second-order valence-corrected chi connectivity index (χ2v) is 5.99. The fourth-order valence-electron chi connectivity index (χ4n) is 3.01. The minimum absolute atomic E-state index is 0. The van der Waals surface area contributed by atoms with Gasteiger partial charge in [0.05, 0.1) is 5.76 Å². The summed E-state index contributed by atoms with van der Waals surface area (Å²) in [5.74, 6) is -3.06. The summed E-state index contributed by atoms with van der Waals surface area (Å²) in [5.41, 5.74) is 1.00. The molecule has 27 heavy (non-hydrogen) atoms. The van der Waals surface area contributed by atoms with Crippen LogP contribution in [0.5, 0.6) is 0 Å². The van der Waals surface area contributed by atoms with E-state index in [4.69, 9.17) is 5.11 Å². The van der Waals surface area contributed by atoms with Crippen molar-refractivity contribution in [3.8, 4) is 11.3 Å². The fraction of sp³-hybridized carbons (Fsp3) is 0.143. The van der Waals surface area contributed by atoms with Gasteiger partial charge in [-0.3, -0.25) is 4.79 Å². The summed E-state index contributed by atoms with van der Waals surface area (Å²) in [5, 5.41) is 9.68. The second kappa shape index (κ2) is 8.10. The summed E-state index contributed by atoms with van der Waals surface area (Å²) in [4.78, 5) is 14.3. The van der Waals surface area contributed by atoms with E-state index < -0.39 is 5.92 Å². The monoisotopic (exact) mass is 547 g/mol. The smallest absolute Gasteiger partial charge is 0.266 e. The molecule has 0 saturated heterocycles. The molecule has 0 bridgehead atoms. The molecule has 1 aliphatic rings. The van der Waals surface area contributed by atoms with Crippen molar-refractivity contribution in [2.45, 2.75) is 19.8 Å². The number of aliphatic hydroxyl groups is 1. The van der Waals surface area contributed by atoms with E-state index in [2.05, 4.69) is 11.1 Å². The number of aromatic nitrogens is 1. The van der Waals surface area contributed by atoms with Crippen LogP contribution in [0.1, 0.15) is 25.0 Å². The first kappa shape index (κ1) is 20.9. The summed E-state index contributed by atoms with van der Waals surface area (Å²) < 4.78 is 29.2. The van der Waals surface area contributed by atoms with Gasteiger partial charge in [-0.2, -0.15) is 0 Å². The molecule has 0 radical (unpaired) electrons. The Morgan fingerprint density at radius 2 is 1.85 bits per heavy atom. The number of benzene rings is 2. The normalized spacial score (nSPS) is 13.7. The zero-order valence-corrected chi connectivity index (χ0v) is 16.8. The number of hydrogen-bond acceptors (Lipinski definition) is 3. The molecular formula is C21H16F2NO2Pt-. The third kappa shape index (κ3) is 3.98. The molecule has 3 nitrogen and oxygen atoms in total. The number of allylic oxidation sites excluding steroid dienone is 2. The molecule has 0 spiro atoms. The van der Waals surface area contributed by atoms with Crippen LogP contribution in [0, 0.1) is 6.07 Å². The maximum Gasteiger partial charge on any atom is 0.266 e. The van der Waals surface area contributed by atoms with Crippen LogP contribution in [0.15, 0.2) is 60.5 Å². The van der Waals surface area contributed by atoms with Crippen LogP contribution in [0.3, 0.4) is 0 Å². The zero-order chi connectivity index (χ0) is 18.9. The Bertz CT molecular complexity index is 1020. The Balaban J connectivity index is 0.000000285. The molecule has 2 aromatic carbocycles. The van der Waals surface area contributed by atoms with Crippen molar-refractivity contribution >= 4 is 16.6 Å². The summed E-state index contributed by atoms with van der Waals surface area (Å²) in [6.45, 7) is 2.85. The van der Waals surface area contributed by atoms with Gasteiger partial charge in [0.1, 0.15) is 0 Å². The molecule has 6 heteroatoms. The molecule has 0 atom stereocenters. The van der Waals surface area contributed by atoms with Gasteiger partial charge in [0.2, 0.25) is 0 Å². The Morgan fingerprint density at radius 3 is 2.48 bits per heavy atom. The van der Waals surface area contributed by atoms with Crippen molar-refractivity contribution in [2.24, 2.45) is 0 Å². The molecule has 3 aromatic rings. The number of pyridine rings is 1. The van der Waals surface area contributed by atoms with Crippen LogP contribution in [0.2, 0.25) is 0 Å². The number of nitrogens with zero attached hydrogens (tertiary/aromatic N) is 1. The number of hydrogen-bond donors (Lipinski definition) is 1. The number of fused-ring (bicyclic) bond motifs is 2. The molecule has 4 rings (SSSR count). The summed E-state index contributed by atoms with van der Waals surface area (Å²) in [7, 11) is 0. The third-order valence-corrected chi connectivity index (χ3v) is 3.97. The van der Waals surface area contributed by atoms with Crippen LogP contribution in [0.25, 0.3) is 22.0 Å². The molecular weight excluding hydrogens is 531 g/mol. The van der Waals surface area contributed by atoms with Crippen molar-refractivity contribution in [1.29, 1.82) is 0 Å². The molecule has 1 aliphatic carbocycles. The molecule has 0 saturated carbocycles. The summed E-state index contributed by atoms with van der Waals surface area (Å²) >= 11 is 0. The van der Waals surface area contributed by atoms with Gasteiger partial charge in [0, 0.05) is 38.9 Å². The van der Waals surface area contributed by atoms with Crippen LogP contribution in [0.4, 0.5) is 8.78 Å². The average Bonchev–Trinajstić information content (AvgIpc) is 2.59. The van der Waals surface area contributed by atoms with Gasteiger partial charge in [0.15, 0.2) is 5.78 Å². The Kier molecular flexibility index (Phi) is 6.27. The molecule has 1 N–H and O–H groups in total. The minimum Gasteiger partial charge on any atom is -0.512 e. The van der Waals surface area contributed by atoms with Crippen LogP contribution < -0.4 is 0 Å². The predicted octanol–water partition coefficient (Wildman–Crippen LogP) is 5.19. The van der Waals surface area contributed by atoms with Crippen molar-refractivity contribution in [3.63, 3.8) is 0 Å². The van der Waals surface area contributed by atoms with Crippen molar-refractivity contribution in [2.75, 3.05) is 0 Å². The molecule has 1 aromatic heterocycles. The topological polar surface area (TPSA) is 50.2 Å². The Hall–Kier alpha value is -2.39. The number of ketones is 1. The Labute approximate surface area is 170 Å². The Morgan fingerprint density at radius 1 is 1.15 bits per heavy atom. The van der Waals surface area contributed by atoms with E-state index in [-0.39, 0.29) is 43.7 Å². The van der Waals surface area contributed by atoms with Gasteiger partial charge in [0.25, 0.3) is 5.92 Å².